The lowest BCUT2D eigenvalue weighted by atomic mass is 10.1. The number of anilines is 1. The van der Waals surface area contributed by atoms with Gasteiger partial charge < -0.3 is 20.9 Å². The molecule has 0 saturated carbocycles. The molecule has 0 amide bonds. The lowest BCUT2D eigenvalue weighted by molar-refractivity contribution is 0.412. The van der Waals surface area contributed by atoms with Gasteiger partial charge in [0.1, 0.15) is 17.3 Å². The minimum Gasteiger partial charge on any atom is -0.507 e. The van der Waals surface area contributed by atoms with E-state index in [0.29, 0.717) is 29.5 Å². The molecule has 25 heavy (non-hydrogen) atoms. The second kappa shape index (κ2) is 7.36. The van der Waals surface area contributed by atoms with Crippen molar-refractivity contribution in [2.24, 2.45) is 5.73 Å². The van der Waals surface area contributed by atoms with Crippen LogP contribution in [-0.4, -0.2) is 34.8 Å². The predicted octanol–water partition coefficient (Wildman–Crippen LogP) is 3.16. The number of phenolic OH excluding ortho intramolecular Hbond substituents is 1. The smallest absolute Gasteiger partial charge is 0.166 e. The van der Waals surface area contributed by atoms with Gasteiger partial charge in [-0.25, -0.2) is 9.97 Å². The Morgan fingerprint density at radius 1 is 1.20 bits per heavy atom. The van der Waals surface area contributed by atoms with E-state index in [1.807, 2.05) is 31.2 Å². The normalized spacial score (nSPS) is 12.1. The molecule has 0 radical (unpaired) electrons. The molecular weight excluding hydrogens is 316 g/mol. The molecule has 0 aliphatic carbocycles. The molecule has 1 heterocycles. The number of methoxy groups -OCH3 is 1. The van der Waals surface area contributed by atoms with Crippen molar-refractivity contribution in [3.8, 4) is 22.9 Å². The number of rotatable bonds is 6. The van der Waals surface area contributed by atoms with E-state index in [4.69, 9.17) is 10.5 Å². The number of aromatic nitrogens is 2. The summed E-state index contributed by atoms with van der Waals surface area (Å²) >= 11 is 0. The van der Waals surface area contributed by atoms with Crippen molar-refractivity contribution in [3.05, 3.63) is 42.5 Å². The predicted molar refractivity (Wildman–Crippen MR) is 99.9 cm³/mol. The summed E-state index contributed by atoms with van der Waals surface area (Å²) in [7, 11) is 1.58. The molecule has 0 fully saturated rings. The molecular formula is C19H22N4O2. The SMILES string of the molecule is CC[C@@H](N)CNc1nc(-c2cc(OC)ccc2O)nc2ccccc12. The molecule has 0 unspecified atom stereocenters. The van der Waals surface area contributed by atoms with Crippen LogP contribution < -0.4 is 15.8 Å². The zero-order chi connectivity index (χ0) is 17.8. The molecule has 1 aromatic heterocycles. The highest BCUT2D eigenvalue weighted by Crippen LogP contribution is 2.32. The molecule has 2 aromatic carbocycles. The summed E-state index contributed by atoms with van der Waals surface area (Å²) in [6.07, 6.45) is 0.875. The minimum atomic E-state index is 0.0439. The van der Waals surface area contributed by atoms with Crippen LogP contribution in [-0.2, 0) is 0 Å². The highest BCUT2D eigenvalue weighted by Gasteiger charge is 2.14. The number of fused-ring (bicyclic) bond motifs is 1. The fraction of sp³-hybridized carbons (Fsp3) is 0.263. The molecule has 6 nitrogen and oxygen atoms in total. The van der Waals surface area contributed by atoms with Crippen LogP contribution in [0.4, 0.5) is 5.82 Å². The molecule has 0 bridgehead atoms. The van der Waals surface area contributed by atoms with Crippen molar-refractivity contribution < 1.29 is 9.84 Å². The van der Waals surface area contributed by atoms with Gasteiger partial charge in [0, 0.05) is 18.0 Å². The van der Waals surface area contributed by atoms with Crippen LogP contribution >= 0.6 is 0 Å². The first-order valence-electron chi connectivity index (χ1n) is 8.26. The van der Waals surface area contributed by atoms with Crippen LogP contribution in [0.25, 0.3) is 22.3 Å². The third kappa shape index (κ3) is 3.64. The second-order valence-corrected chi connectivity index (χ2v) is 5.85. The van der Waals surface area contributed by atoms with Crippen molar-refractivity contribution in [2.45, 2.75) is 19.4 Å². The molecule has 0 aliphatic rings. The Hall–Kier alpha value is -2.86. The van der Waals surface area contributed by atoms with E-state index in [2.05, 4.69) is 15.3 Å². The summed E-state index contributed by atoms with van der Waals surface area (Å²) in [4.78, 5) is 9.21. The van der Waals surface area contributed by atoms with Crippen molar-refractivity contribution in [3.63, 3.8) is 0 Å². The van der Waals surface area contributed by atoms with Crippen LogP contribution in [0.2, 0.25) is 0 Å². The lowest BCUT2D eigenvalue weighted by Crippen LogP contribution is -2.28. The summed E-state index contributed by atoms with van der Waals surface area (Å²) in [5.41, 5.74) is 7.33. The Kier molecular flexibility index (Phi) is 5.00. The molecule has 6 heteroatoms. The Balaban J connectivity index is 2.10. The number of hydrogen-bond donors (Lipinski definition) is 3. The summed E-state index contributed by atoms with van der Waals surface area (Å²) in [5.74, 6) is 1.87. The topological polar surface area (TPSA) is 93.3 Å². The number of hydrogen-bond acceptors (Lipinski definition) is 6. The first-order chi connectivity index (χ1) is 12.1. The second-order valence-electron chi connectivity index (χ2n) is 5.85. The van der Waals surface area contributed by atoms with E-state index < -0.39 is 0 Å². The first-order valence-corrected chi connectivity index (χ1v) is 8.26. The van der Waals surface area contributed by atoms with Gasteiger partial charge in [0.2, 0.25) is 0 Å². The van der Waals surface area contributed by atoms with Crippen molar-refractivity contribution in [1.82, 2.24) is 9.97 Å². The van der Waals surface area contributed by atoms with Crippen molar-refractivity contribution >= 4 is 16.7 Å². The average molecular weight is 338 g/mol. The minimum absolute atomic E-state index is 0.0439. The standard InChI is InChI=1S/C19H22N4O2/c1-3-12(20)11-21-18-14-6-4-5-7-16(14)22-19(23-18)15-10-13(25-2)8-9-17(15)24/h4-10,12,24H,3,11,20H2,1-2H3,(H,21,22,23)/t12-/m1/s1. The van der Waals surface area contributed by atoms with Gasteiger partial charge in [0.05, 0.1) is 18.2 Å². The van der Waals surface area contributed by atoms with E-state index in [-0.39, 0.29) is 11.8 Å². The maximum absolute atomic E-state index is 10.2. The third-order valence-electron chi connectivity index (χ3n) is 4.10. The molecule has 130 valence electrons. The largest absolute Gasteiger partial charge is 0.507 e. The summed E-state index contributed by atoms with van der Waals surface area (Å²) in [6, 6.07) is 12.8. The van der Waals surface area contributed by atoms with E-state index >= 15 is 0 Å². The highest BCUT2D eigenvalue weighted by molar-refractivity contribution is 5.91. The van der Waals surface area contributed by atoms with Gasteiger partial charge in [-0.15, -0.1) is 0 Å². The monoisotopic (exact) mass is 338 g/mol. The van der Waals surface area contributed by atoms with Gasteiger partial charge in [0.15, 0.2) is 5.82 Å². The molecule has 4 N–H and O–H groups in total. The van der Waals surface area contributed by atoms with E-state index in [1.165, 1.54) is 0 Å². The third-order valence-corrected chi connectivity index (χ3v) is 4.10. The van der Waals surface area contributed by atoms with E-state index in [1.54, 1.807) is 25.3 Å². The molecule has 1 atom stereocenters. The van der Waals surface area contributed by atoms with Crippen molar-refractivity contribution in [2.75, 3.05) is 19.0 Å². The van der Waals surface area contributed by atoms with Gasteiger partial charge in [0.25, 0.3) is 0 Å². The molecule has 0 saturated heterocycles. The Bertz CT molecular complexity index is 882. The summed E-state index contributed by atoms with van der Waals surface area (Å²) < 4.78 is 5.24. The number of nitrogens with two attached hydrogens (primary N) is 1. The maximum Gasteiger partial charge on any atom is 0.166 e. The van der Waals surface area contributed by atoms with Gasteiger partial charge in [-0.2, -0.15) is 0 Å². The quantitative estimate of drug-likeness (QED) is 0.639. The lowest BCUT2D eigenvalue weighted by Gasteiger charge is -2.14. The summed E-state index contributed by atoms with van der Waals surface area (Å²) in [5, 5.41) is 14.4. The number of para-hydroxylation sites is 1. The number of phenols is 1. The fourth-order valence-corrected chi connectivity index (χ4v) is 2.53. The fourth-order valence-electron chi connectivity index (χ4n) is 2.53. The number of aromatic hydroxyl groups is 1. The number of benzene rings is 2. The number of ether oxygens (including phenoxy) is 1. The molecule has 0 spiro atoms. The van der Waals surface area contributed by atoms with E-state index in [0.717, 1.165) is 17.3 Å². The molecule has 3 rings (SSSR count). The van der Waals surface area contributed by atoms with Crippen LogP contribution in [0.3, 0.4) is 0 Å². The zero-order valence-corrected chi connectivity index (χ0v) is 14.4. The van der Waals surface area contributed by atoms with Crippen LogP contribution in [0, 0.1) is 0 Å². The number of nitrogens with zero attached hydrogens (tertiary/aromatic N) is 2. The van der Waals surface area contributed by atoms with Crippen LogP contribution in [0.15, 0.2) is 42.5 Å². The molecule has 3 aromatic rings. The maximum atomic E-state index is 10.2. The van der Waals surface area contributed by atoms with E-state index in [9.17, 15) is 5.11 Å². The van der Waals surface area contributed by atoms with Gasteiger partial charge in [-0.3, -0.25) is 0 Å². The highest BCUT2D eigenvalue weighted by atomic mass is 16.5. The van der Waals surface area contributed by atoms with Gasteiger partial charge in [-0.05, 0) is 36.8 Å². The molecule has 0 aliphatic heterocycles. The Morgan fingerprint density at radius 3 is 2.76 bits per heavy atom. The average Bonchev–Trinajstić information content (AvgIpc) is 2.66. The zero-order valence-electron chi connectivity index (χ0n) is 14.4. The van der Waals surface area contributed by atoms with Gasteiger partial charge in [-0.1, -0.05) is 19.1 Å². The Morgan fingerprint density at radius 2 is 2.00 bits per heavy atom. The number of nitrogens with one attached hydrogen (secondary N) is 1. The Labute approximate surface area is 146 Å². The summed E-state index contributed by atoms with van der Waals surface area (Å²) in [6.45, 7) is 2.66. The van der Waals surface area contributed by atoms with Crippen LogP contribution in [0.1, 0.15) is 13.3 Å². The van der Waals surface area contributed by atoms with Crippen molar-refractivity contribution in [1.29, 1.82) is 0 Å². The van der Waals surface area contributed by atoms with Crippen LogP contribution in [0.5, 0.6) is 11.5 Å². The first kappa shape index (κ1) is 17.0. The van der Waals surface area contributed by atoms with Gasteiger partial charge >= 0.3 is 0 Å².